The van der Waals surface area contributed by atoms with Crippen molar-refractivity contribution >= 4 is 28.4 Å². The first-order valence-corrected chi connectivity index (χ1v) is 6.82. The minimum atomic E-state index is 0.0955. The molecular weight excluding hydrogens is 244 g/mol. The number of rotatable bonds is 5. The molecule has 0 aromatic heterocycles. The van der Waals surface area contributed by atoms with E-state index in [1.54, 1.807) is 11.8 Å². The molecule has 0 aliphatic heterocycles. The summed E-state index contributed by atoms with van der Waals surface area (Å²) in [4.78, 5) is 1.17. The molecule has 0 aliphatic rings. The number of hydrogen-bond donors (Lipinski definition) is 3. The van der Waals surface area contributed by atoms with Crippen LogP contribution in [-0.2, 0) is 0 Å². The first kappa shape index (κ1) is 12.9. The fourth-order valence-electron chi connectivity index (χ4n) is 1.88. The molecule has 0 spiro atoms. The summed E-state index contributed by atoms with van der Waals surface area (Å²) in [6.07, 6.45) is 0.785. The second-order valence-corrected chi connectivity index (χ2v) is 5.13. The number of thioether (sulfide) groups is 1. The van der Waals surface area contributed by atoms with Crippen molar-refractivity contribution in [3.63, 3.8) is 0 Å². The van der Waals surface area contributed by atoms with E-state index in [1.165, 1.54) is 4.90 Å². The summed E-state index contributed by atoms with van der Waals surface area (Å²) in [6, 6.07) is 11.9. The van der Waals surface area contributed by atoms with Crippen LogP contribution in [0.3, 0.4) is 0 Å². The summed E-state index contributed by atoms with van der Waals surface area (Å²) in [5.74, 6) is 0.984. The van der Waals surface area contributed by atoms with Crippen molar-refractivity contribution in [3.8, 4) is 0 Å². The molecule has 0 bridgehead atoms. The maximum Gasteiger partial charge on any atom is 0.123 e. The second-order valence-electron chi connectivity index (χ2n) is 4.00. The van der Waals surface area contributed by atoms with E-state index in [1.807, 2.05) is 36.4 Å². The fourth-order valence-corrected chi connectivity index (χ4v) is 2.87. The molecule has 94 valence electrons. The van der Waals surface area contributed by atoms with Gasteiger partial charge in [0.05, 0.1) is 0 Å². The van der Waals surface area contributed by atoms with E-state index in [0.717, 1.165) is 28.5 Å². The van der Waals surface area contributed by atoms with E-state index in [4.69, 9.17) is 16.2 Å². The maximum atomic E-state index is 8.82. The zero-order valence-corrected chi connectivity index (χ0v) is 10.8. The van der Waals surface area contributed by atoms with Crippen LogP contribution in [0.2, 0.25) is 0 Å². The molecule has 0 heterocycles. The van der Waals surface area contributed by atoms with Crippen LogP contribution in [0.25, 0.3) is 10.8 Å². The number of nitrogen functional groups attached to an aromatic ring is 1. The van der Waals surface area contributed by atoms with Crippen molar-refractivity contribution in [3.05, 3.63) is 42.0 Å². The van der Waals surface area contributed by atoms with Crippen LogP contribution < -0.4 is 5.73 Å². The van der Waals surface area contributed by atoms with E-state index in [9.17, 15) is 0 Å². The largest absolute Gasteiger partial charge is 0.396 e. The van der Waals surface area contributed by atoms with E-state index in [0.29, 0.717) is 0 Å². The van der Waals surface area contributed by atoms with Gasteiger partial charge >= 0.3 is 0 Å². The Hall–Kier alpha value is -1.52. The fraction of sp³-hybridized carbons (Fsp3) is 0.214. The third-order valence-electron chi connectivity index (χ3n) is 2.73. The van der Waals surface area contributed by atoms with Gasteiger partial charge < -0.3 is 10.8 Å². The van der Waals surface area contributed by atoms with Gasteiger partial charge in [0.1, 0.15) is 5.84 Å². The van der Waals surface area contributed by atoms with E-state index in [-0.39, 0.29) is 12.4 Å². The normalized spacial score (nSPS) is 10.7. The van der Waals surface area contributed by atoms with Crippen molar-refractivity contribution in [2.75, 3.05) is 12.4 Å². The highest BCUT2D eigenvalue weighted by Gasteiger charge is 2.07. The number of fused-ring (bicyclic) bond motifs is 1. The van der Waals surface area contributed by atoms with Crippen LogP contribution in [-0.4, -0.2) is 23.3 Å². The number of aliphatic hydroxyl groups excluding tert-OH is 1. The molecule has 2 aromatic carbocycles. The first-order valence-electron chi connectivity index (χ1n) is 5.84. The quantitative estimate of drug-likeness (QED) is 0.335. The Morgan fingerprint density at radius 2 is 1.89 bits per heavy atom. The van der Waals surface area contributed by atoms with E-state index < -0.39 is 0 Å². The Morgan fingerprint density at radius 1 is 1.17 bits per heavy atom. The molecule has 0 fully saturated rings. The molecule has 0 unspecified atom stereocenters. The van der Waals surface area contributed by atoms with Crippen LogP contribution in [0.5, 0.6) is 0 Å². The molecule has 0 saturated heterocycles. The summed E-state index contributed by atoms with van der Waals surface area (Å²) in [7, 11) is 0. The van der Waals surface area contributed by atoms with Crippen LogP contribution in [0, 0.1) is 5.41 Å². The maximum absolute atomic E-state index is 8.82. The third kappa shape index (κ3) is 2.66. The Labute approximate surface area is 111 Å². The highest BCUT2D eigenvalue weighted by Crippen LogP contribution is 2.30. The SMILES string of the molecule is N=C(N)c1ccc(SCCCO)c2ccccc12. The number of hydrogen-bond acceptors (Lipinski definition) is 3. The average molecular weight is 260 g/mol. The smallest absolute Gasteiger partial charge is 0.123 e. The van der Waals surface area contributed by atoms with Gasteiger partial charge in [-0.25, -0.2) is 0 Å². The summed E-state index contributed by atoms with van der Waals surface area (Å²) >= 11 is 1.72. The minimum Gasteiger partial charge on any atom is -0.396 e. The van der Waals surface area contributed by atoms with E-state index in [2.05, 4.69) is 0 Å². The lowest BCUT2D eigenvalue weighted by Gasteiger charge is -2.09. The topological polar surface area (TPSA) is 70.1 Å². The van der Waals surface area contributed by atoms with Gasteiger partial charge in [0.15, 0.2) is 0 Å². The molecule has 0 amide bonds. The first-order chi connectivity index (χ1) is 8.74. The molecule has 4 heteroatoms. The summed E-state index contributed by atoms with van der Waals surface area (Å²) in [6.45, 7) is 0.219. The highest BCUT2D eigenvalue weighted by atomic mass is 32.2. The van der Waals surface area contributed by atoms with Gasteiger partial charge in [-0.3, -0.25) is 5.41 Å². The zero-order valence-electron chi connectivity index (χ0n) is 10.0. The van der Waals surface area contributed by atoms with Crippen molar-refractivity contribution in [1.82, 2.24) is 0 Å². The third-order valence-corrected chi connectivity index (χ3v) is 3.89. The average Bonchev–Trinajstić information content (AvgIpc) is 2.38. The van der Waals surface area contributed by atoms with Crippen LogP contribution in [0.1, 0.15) is 12.0 Å². The lowest BCUT2D eigenvalue weighted by Crippen LogP contribution is -2.11. The number of benzene rings is 2. The van der Waals surface area contributed by atoms with Gasteiger partial charge in [0.25, 0.3) is 0 Å². The molecule has 0 radical (unpaired) electrons. The lowest BCUT2D eigenvalue weighted by atomic mass is 10.0. The molecule has 2 rings (SSSR count). The second kappa shape index (κ2) is 5.89. The number of nitrogens with one attached hydrogen (secondary N) is 1. The minimum absolute atomic E-state index is 0.0955. The zero-order chi connectivity index (χ0) is 13.0. The highest BCUT2D eigenvalue weighted by molar-refractivity contribution is 7.99. The van der Waals surface area contributed by atoms with Crippen molar-refractivity contribution in [2.45, 2.75) is 11.3 Å². The molecule has 18 heavy (non-hydrogen) atoms. The van der Waals surface area contributed by atoms with Gasteiger partial charge in [0.2, 0.25) is 0 Å². The molecule has 2 aromatic rings. The van der Waals surface area contributed by atoms with Gasteiger partial charge in [-0.1, -0.05) is 24.3 Å². The summed E-state index contributed by atoms with van der Waals surface area (Å²) in [5, 5.41) is 18.5. The van der Waals surface area contributed by atoms with Crippen molar-refractivity contribution < 1.29 is 5.11 Å². The Morgan fingerprint density at radius 3 is 2.56 bits per heavy atom. The molecule has 4 N–H and O–H groups in total. The summed E-state index contributed by atoms with van der Waals surface area (Å²) < 4.78 is 0. The van der Waals surface area contributed by atoms with Crippen molar-refractivity contribution in [1.29, 1.82) is 5.41 Å². The number of amidine groups is 1. The Balaban J connectivity index is 2.44. The van der Waals surface area contributed by atoms with Crippen LogP contribution in [0.4, 0.5) is 0 Å². The molecular formula is C14H16N2OS. The van der Waals surface area contributed by atoms with Crippen molar-refractivity contribution in [2.24, 2.45) is 5.73 Å². The predicted octanol–water partition coefficient (Wildman–Crippen LogP) is 2.60. The Kier molecular flexibility index (Phi) is 4.23. The van der Waals surface area contributed by atoms with Gasteiger partial charge in [-0.05, 0) is 29.3 Å². The van der Waals surface area contributed by atoms with Crippen LogP contribution >= 0.6 is 11.8 Å². The van der Waals surface area contributed by atoms with Gasteiger partial charge in [0, 0.05) is 22.8 Å². The predicted molar refractivity (Wildman–Crippen MR) is 77.4 cm³/mol. The molecule has 0 saturated carbocycles. The lowest BCUT2D eigenvalue weighted by molar-refractivity contribution is 0.296. The van der Waals surface area contributed by atoms with Gasteiger partial charge in [-0.15, -0.1) is 11.8 Å². The molecule has 0 atom stereocenters. The van der Waals surface area contributed by atoms with Crippen LogP contribution in [0.15, 0.2) is 41.3 Å². The standard InChI is InChI=1S/C14H16N2OS/c15-14(16)12-6-7-13(18-9-3-8-17)11-5-2-1-4-10(11)12/h1-2,4-7,17H,3,8-9H2,(H3,15,16). The summed E-state index contributed by atoms with van der Waals surface area (Å²) in [5.41, 5.74) is 6.37. The van der Waals surface area contributed by atoms with E-state index >= 15 is 0 Å². The Bertz CT molecular complexity index is 569. The molecule has 3 nitrogen and oxygen atoms in total. The molecule has 0 aliphatic carbocycles. The number of aliphatic hydroxyl groups is 1. The monoisotopic (exact) mass is 260 g/mol. The number of nitrogens with two attached hydrogens (primary N) is 1. The van der Waals surface area contributed by atoms with Gasteiger partial charge in [-0.2, -0.15) is 0 Å².